The maximum atomic E-state index is 11.1. The number of carbonyl (C=O) groups excluding carboxylic acids is 1. The van der Waals surface area contributed by atoms with E-state index in [9.17, 15) is 4.79 Å². The van der Waals surface area contributed by atoms with Gasteiger partial charge in [0.05, 0.1) is 6.61 Å². The number of amides is 1. The van der Waals surface area contributed by atoms with E-state index in [0.717, 1.165) is 12.0 Å². The largest absolute Gasteiger partial charge is 0.449 e. The van der Waals surface area contributed by atoms with Crippen LogP contribution in [-0.4, -0.2) is 17.7 Å². The third kappa shape index (κ3) is 3.43. The fourth-order valence-corrected chi connectivity index (χ4v) is 0.877. The summed E-state index contributed by atoms with van der Waals surface area (Å²) in [6.07, 6.45) is 2.05. The SMILES string of the molecule is CCCOC(=O)Nc1ccc(C)cn1. The van der Waals surface area contributed by atoms with Crippen molar-refractivity contribution < 1.29 is 9.53 Å². The van der Waals surface area contributed by atoms with Gasteiger partial charge in [0.2, 0.25) is 0 Å². The predicted molar refractivity (Wildman–Crippen MR) is 54.2 cm³/mol. The Morgan fingerprint density at radius 1 is 1.57 bits per heavy atom. The van der Waals surface area contributed by atoms with E-state index in [1.807, 2.05) is 19.9 Å². The molecule has 0 radical (unpaired) electrons. The van der Waals surface area contributed by atoms with Crippen LogP contribution in [0.3, 0.4) is 0 Å². The molecule has 14 heavy (non-hydrogen) atoms. The van der Waals surface area contributed by atoms with Crippen LogP contribution in [0, 0.1) is 6.92 Å². The number of hydrogen-bond acceptors (Lipinski definition) is 3. The first-order chi connectivity index (χ1) is 6.72. The molecule has 1 amide bonds. The molecule has 4 heteroatoms. The molecule has 0 fully saturated rings. The lowest BCUT2D eigenvalue weighted by Gasteiger charge is -2.04. The highest BCUT2D eigenvalue weighted by Crippen LogP contribution is 2.03. The fourth-order valence-electron chi connectivity index (χ4n) is 0.877. The average molecular weight is 194 g/mol. The summed E-state index contributed by atoms with van der Waals surface area (Å²) in [5, 5.41) is 2.53. The standard InChI is InChI=1S/C10H14N2O2/c1-3-6-14-10(13)12-9-5-4-8(2)7-11-9/h4-5,7H,3,6H2,1-2H3,(H,11,12,13). The van der Waals surface area contributed by atoms with Gasteiger partial charge < -0.3 is 4.74 Å². The number of anilines is 1. The number of ether oxygens (including phenoxy) is 1. The van der Waals surface area contributed by atoms with Crippen LogP contribution >= 0.6 is 0 Å². The van der Waals surface area contributed by atoms with E-state index >= 15 is 0 Å². The Balaban J connectivity index is 2.44. The van der Waals surface area contributed by atoms with E-state index in [1.165, 1.54) is 0 Å². The molecule has 0 aliphatic rings. The van der Waals surface area contributed by atoms with Gasteiger partial charge >= 0.3 is 6.09 Å². The number of carbonyl (C=O) groups is 1. The van der Waals surface area contributed by atoms with E-state index in [4.69, 9.17) is 4.74 Å². The smallest absolute Gasteiger partial charge is 0.412 e. The van der Waals surface area contributed by atoms with Gasteiger partial charge in [0, 0.05) is 6.20 Å². The number of hydrogen-bond donors (Lipinski definition) is 1. The van der Waals surface area contributed by atoms with Crippen LogP contribution in [-0.2, 0) is 4.74 Å². The third-order valence-corrected chi connectivity index (χ3v) is 1.58. The minimum absolute atomic E-state index is 0.428. The van der Waals surface area contributed by atoms with Gasteiger partial charge in [0.1, 0.15) is 5.82 Å². The lowest BCUT2D eigenvalue weighted by molar-refractivity contribution is 0.161. The van der Waals surface area contributed by atoms with Gasteiger partial charge in [0.15, 0.2) is 0 Å². The summed E-state index contributed by atoms with van der Waals surface area (Å²) in [5.41, 5.74) is 1.05. The van der Waals surface area contributed by atoms with Gasteiger partial charge in [-0.2, -0.15) is 0 Å². The number of aryl methyl sites for hydroxylation is 1. The van der Waals surface area contributed by atoms with Gasteiger partial charge in [-0.15, -0.1) is 0 Å². The number of rotatable bonds is 3. The van der Waals surface area contributed by atoms with Crippen molar-refractivity contribution in [3.8, 4) is 0 Å². The minimum Gasteiger partial charge on any atom is -0.449 e. The molecule has 0 unspecified atom stereocenters. The van der Waals surface area contributed by atoms with Gasteiger partial charge in [-0.3, -0.25) is 5.32 Å². The minimum atomic E-state index is -0.455. The Labute approximate surface area is 83.3 Å². The second-order valence-corrected chi connectivity index (χ2v) is 2.98. The van der Waals surface area contributed by atoms with Crippen molar-refractivity contribution >= 4 is 11.9 Å². The van der Waals surface area contributed by atoms with Gasteiger partial charge in [-0.25, -0.2) is 9.78 Å². The van der Waals surface area contributed by atoms with Crippen molar-refractivity contribution in [2.45, 2.75) is 20.3 Å². The lowest BCUT2D eigenvalue weighted by Crippen LogP contribution is -2.14. The van der Waals surface area contributed by atoms with Crippen molar-refractivity contribution in [2.75, 3.05) is 11.9 Å². The number of aromatic nitrogens is 1. The summed E-state index contributed by atoms with van der Waals surface area (Å²) in [6, 6.07) is 3.62. The van der Waals surface area contributed by atoms with E-state index in [-0.39, 0.29) is 0 Å². The van der Waals surface area contributed by atoms with Crippen molar-refractivity contribution in [3.05, 3.63) is 23.9 Å². The zero-order chi connectivity index (χ0) is 10.4. The lowest BCUT2D eigenvalue weighted by atomic mass is 10.3. The van der Waals surface area contributed by atoms with Gasteiger partial charge in [-0.1, -0.05) is 13.0 Å². The van der Waals surface area contributed by atoms with Crippen molar-refractivity contribution in [1.29, 1.82) is 0 Å². The number of nitrogens with zero attached hydrogens (tertiary/aromatic N) is 1. The Morgan fingerprint density at radius 3 is 2.93 bits per heavy atom. The van der Waals surface area contributed by atoms with Crippen LogP contribution in [0.25, 0.3) is 0 Å². The molecule has 0 saturated heterocycles. The molecule has 0 aliphatic heterocycles. The quantitative estimate of drug-likeness (QED) is 0.803. The molecule has 1 aromatic rings. The van der Waals surface area contributed by atoms with Crippen LogP contribution < -0.4 is 5.32 Å². The Kier molecular flexibility index (Phi) is 3.91. The summed E-state index contributed by atoms with van der Waals surface area (Å²) in [7, 11) is 0. The molecule has 4 nitrogen and oxygen atoms in total. The van der Waals surface area contributed by atoms with Gasteiger partial charge in [0.25, 0.3) is 0 Å². The summed E-state index contributed by atoms with van der Waals surface area (Å²) < 4.78 is 4.84. The molecule has 0 aliphatic carbocycles. The van der Waals surface area contributed by atoms with Crippen LogP contribution in [0.4, 0.5) is 10.6 Å². The Bertz CT molecular complexity index is 295. The zero-order valence-corrected chi connectivity index (χ0v) is 8.41. The highest BCUT2D eigenvalue weighted by atomic mass is 16.5. The fraction of sp³-hybridized carbons (Fsp3) is 0.400. The summed E-state index contributed by atoms with van der Waals surface area (Å²) in [6.45, 7) is 4.31. The monoisotopic (exact) mass is 194 g/mol. The molecule has 0 saturated carbocycles. The summed E-state index contributed by atoms with van der Waals surface area (Å²) >= 11 is 0. The van der Waals surface area contributed by atoms with Crippen LogP contribution in [0.15, 0.2) is 18.3 Å². The zero-order valence-electron chi connectivity index (χ0n) is 8.41. The number of pyridine rings is 1. The first-order valence-electron chi connectivity index (χ1n) is 4.59. The first kappa shape index (κ1) is 10.5. The van der Waals surface area contributed by atoms with E-state index in [0.29, 0.717) is 12.4 Å². The Hall–Kier alpha value is -1.58. The maximum absolute atomic E-state index is 11.1. The van der Waals surface area contributed by atoms with Crippen LogP contribution in [0.1, 0.15) is 18.9 Å². The van der Waals surface area contributed by atoms with Crippen molar-refractivity contribution in [1.82, 2.24) is 4.98 Å². The molecule has 1 heterocycles. The molecular formula is C10H14N2O2. The normalized spacial score (nSPS) is 9.57. The van der Waals surface area contributed by atoms with Crippen LogP contribution in [0.2, 0.25) is 0 Å². The second kappa shape index (κ2) is 5.21. The average Bonchev–Trinajstić information content (AvgIpc) is 2.18. The molecule has 0 atom stereocenters. The van der Waals surface area contributed by atoms with E-state index < -0.39 is 6.09 Å². The molecular weight excluding hydrogens is 180 g/mol. The topological polar surface area (TPSA) is 51.2 Å². The van der Waals surface area contributed by atoms with E-state index in [2.05, 4.69) is 10.3 Å². The predicted octanol–water partition coefficient (Wildman–Crippen LogP) is 2.35. The molecule has 1 rings (SSSR count). The van der Waals surface area contributed by atoms with Crippen LogP contribution in [0.5, 0.6) is 0 Å². The molecule has 1 aromatic heterocycles. The number of nitrogens with one attached hydrogen (secondary N) is 1. The van der Waals surface area contributed by atoms with Crippen molar-refractivity contribution in [3.63, 3.8) is 0 Å². The first-order valence-corrected chi connectivity index (χ1v) is 4.59. The second-order valence-electron chi connectivity index (χ2n) is 2.98. The van der Waals surface area contributed by atoms with Gasteiger partial charge in [-0.05, 0) is 25.0 Å². The summed E-state index contributed by atoms with van der Waals surface area (Å²) in [4.78, 5) is 15.1. The highest BCUT2D eigenvalue weighted by Gasteiger charge is 2.01. The summed E-state index contributed by atoms with van der Waals surface area (Å²) in [5.74, 6) is 0.511. The molecule has 1 N–H and O–H groups in total. The third-order valence-electron chi connectivity index (χ3n) is 1.58. The molecule has 0 aromatic carbocycles. The van der Waals surface area contributed by atoms with E-state index in [1.54, 1.807) is 12.3 Å². The molecule has 0 spiro atoms. The van der Waals surface area contributed by atoms with Crippen molar-refractivity contribution in [2.24, 2.45) is 0 Å². The Morgan fingerprint density at radius 2 is 2.36 bits per heavy atom. The molecule has 76 valence electrons. The molecule has 0 bridgehead atoms. The highest BCUT2D eigenvalue weighted by molar-refractivity contribution is 5.83. The maximum Gasteiger partial charge on any atom is 0.412 e.